The van der Waals surface area contributed by atoms with Crippen molar-refractivity contribution in [3.63, 3.8) is 0 Å². The van der Waals surface area contributed by atoms with E-state index < -0.39 is 5.97 Å². The van der Waals surface area contributed by atoms with E-state index in [4.69, 9.17) is 0 Å². The Kier molecular flexibility index (Phi) is 10.3. The van der Waals surface area contributed by atoms with E-state index in [2.05, 4.69) is 6.92 Å². The fourth-order valence-corrected chi connectivity index (χ4v) is 0. The molecule has 0 atom stereocenters. The molecule has 0 aromatic rings. The molecule has 2 nitrogen and oxygen atoms in total. The Labute approximate surface area is 79.3 Å². The number of carboxylic acid groups (broad SMARTS) is 1. The van der Waals surface area contributed by atoms with Crippen molar-refractivity contribution >= 4 is 5.97 Å². The maximum absolute atomic E-state index is 9.19. The summed E-state index contributed by atoms with van der Waals surface area (Å²) in [5.41, 5.74) is 0. The van der Waals surface area contributed by atoms with Gasteiger partial charge in [-0.1, -0.05) is 0 Å². The maximum atomic E-state index is 9.19. The van der Waals surface area contributed by atoms with E-state index >= 15 is 0 Å². The summed E-state index contributed by atoms with van der Waals surface area (Å²) in [5, 5.41) is 9.19. The van der Waals surface area contributed by atoms with Gasteiger partial charge in [-0.2, -0.15) is 0 Å². The molecule has 0 aliphatic rings. The van der Waals surface area contributed by atoms with Crippen molar-refractivity contribution in [3.05, 3.63) is 6.92 Å². The van der Waals surface area contributed by atoms with Gasteiger partial charge in [0, 0.05) is 5.97 Å². The molecule has 0 spiro atoms. The number of carbonyl (C=O) groups is 1. The first-order valence-corrected chi connectivity index (χ1v) is 1.26. The topological polar surface area (TPSA) is 40.1 Å². The Balaban J connectivity index is 0. The van der Waals surface area contributed by atoms with Gasteiger partial charge in [0.1, 0.15) is 0 Å². The monoisotopic (exact) mass is 111 g/mol. The number of carbonyl (C=O) groups excluding carboxylic acids is 1. The van der Waals surface area contributed by atoms with Crippen molar-refractivity contribution in [2.75, 3.05) is 0 Å². The van der Waals surface area contributed by atoms with E-state index in [1.165, 1.54) is 0 Å². The molecule has 0 bridgehead atoms. The van der Waals surface area contributed by atoms with Gasteiger partial charge in [0.25, 0.3) is 0 Å². The summed E-state index contributed by atoms with van der Waals surface area (Å²) < 4.78 is 0. The first kappa shape index (κ1) is 10.2. The van der Waals surface area contributed by atoms with Gasteiger partial charge in [0.15, 0.2) is 0 Å². The minimum absolute atomic E-state index is 0. The molecule has 0 fully saturated rings. The first-order valence-electron chi connectivity index (χ1n) is 1.26. The normalized spacial score (nSPS) is 6.17. The number of rotatable bonds is 1. The molecule has 1 radical (unpaired) electrons. The number of aliphatic carboxylic acids is 1. The molecule has 6 heavy (non-hydrogen) atoms. The van der Waals surface area contributed by atoms with Crippen molar-refractivity contribution in [2.45, 2.75) is 6.42 Å². The number of hydrogen-bond donors (Lipinski definition) is 0. The summed E-state index contributed by atoms with van der Waals surface area (Å²) in [5.74, 6) is -1.11. The Morgan fingerprint density at radius 1 is 1.83 bits per heavy atom. The van der Waals surface area contributed by atoms with Gasteiger partial charge in [0.05, 0.1) is 0 Å². The van der Waals surface area contributed by atoms with Crippen LogP contribution in [0.2, 0.25) is 0 Å². The Bertz CT molecular complexity index is 44.1. The van der Waals surface area contributed by atoms with Gasteiger partial charge in [-0.05, 0) is 13.3 Å². The average molecular weight is 111 g/mol. The Morgan fingerprint density at radius 2 is 2.00 bits per heavy atom. The van der Waals surface area contributed by atoms with E-state index in [-0.39, 0.29) is 57.8 Å². The molecule has 0 N–H and O–H groups in total. The summed E-state index contributed by atoms with van der Waals surface area (Å²) >= 11 is 0. The number of carboxylic acids is 1. The van der Waals surface area contributed by atoms with Gasteiger partial charge in [-0.25, -0.2) is 0 Å². The fraction of sp³-hybridized carbons (Fsp3) is 0.333. The van der Waals surface area contributed by atoms with E-state index in [0.717, 1.165) is 0 Å². The zero-order chi connectivity index (χ0) is 4.28. The second-order valence-electron chi connectivity index (χ2n) is 0.622. The van der Waals surface area contributed by atoms with Crippen LogP contribution in [0.25, 0.3) is 0 Å². The predicted octanol–water partition coefficient (Wildman–Crippen LogP) is -4.04. The zero-order valence-corrected chi connectivity index (χ0v) is 6.85. The summed E-state index contributed by atoms with van der Waals surface area (Å²) in [6.07, 6.45) is -0.139. The van der Waals surface area contributed by atoms with Crippen LogP contribution in [0.3, 0.4) is 0 Å². The minimum atomic E-state index is -1.11. The van der Waals surface area contributed by atoms with E-state index in [9.17, 15) is 9.90 Å². The van der Waals surface area contributed by atoms with E-state index in [0.29, 0.717) is 0 Å². The molecular weight excluding hydrogens is 107 g/mol. The van der Waals surface area contributed by atoms with E-state index in [1.54, 1.807) is 0 Å². The molecule has 0 rings (SSSR count). The Morgan fingerprint density at radius 3 is 2.00 bits per heavy atom. The summed E-state index contributed by atoms with van der Waals surface area (Å²) in [6, 6.07) is 0. The van der Waals surface area contributed by atoms with Crippen molar-refractivity contribution in [3.8, 4) is 0 Å². The van der Waals surface area contributed by atoms with Crippen LogP contribution < -0.4 is 56.5 Å². The van der Waals surface area contributed by atoms with Gasteiger partial charge >= 0.3 is 51.4 Å². The average Bonchev–Trinajstić information content (AvgIpc) is 1.38. The molecule has 0 saturated heterocycles. The first-order chi connectivity index (χ1) is 2.27. The van der Waals surface area contributed by atoms with Crippen LogP contribution >= 0.6 is 0 Å². The van der Waals surface area contributed by atoms with Crippen molar-refractivity contribution in [1.82, 2.24) is 0 Å². The van der Waals surface area contributed by atoms with Crippen LogP contribution in [0.5, 0.6) is 0 Å². The molecule has 3 heteroatoms. The molecule has 0 amide bonds. The molecule has 29 valence electrons. The van der Waals surface area contributed by atoms with E-state index in [1.807, 2.05) is 0 Å². The molecule has 0 aliphatic carbocycles. The molecule has 0 aromatic heterocycles. The van der Waals surface area contributed by atoms with Crippen LogP contribution in [0.15, 0.2) is 0 Å². The third-order valence-electron chi connectivity index (χ3n) is 0.204. The van der Waals surface area contributed by atoms with Gasteiger partial charge in [-0.15, -0.1) is 0 Å². The smallest absolute Gasteiger partial charge is 0.550 e. The summed E-state index contributed by atoms with van der Waals surface area (Å²) in [4.78, 5) is 9.19. The van der Waals surface area contributed by atoms with Gasteiger partial charge in [-0.3, -0.25) is 0 Å². The quantitative estimate of drug-likeness (QED) is 0.323. The van der Waals surface area contributed by atoms with Crippen LogP contribution in [0.1, 0.15) is 6.42 Å². The van der Waals surface area contributed by atoms with Crippen molar-refractivity contribution < 1.29 is 61.3 Å². The molecule has 0 saturated carbocycles. The van der Waals surface area contributed by atoms with Gasteiger partial charge < -0.3 is 9.90 Å². The Hall–Kier alpha value is 1.11. The standard InChI is InChI=1S/C3H5O2.K/c1-2-3(4)5;/h1-2H2,(H,4,5);/q;+1/p-1. The SMILES string of the molecule is [CH2]CC(=O)[O-].[K+]. The van der Waals surface area contributed by atoms with Crippen LogP contribution in [-0.2, 0) is 4.79 Å². The summed E-state index contributed by atoms with van der Waals surface area (Å²) in [6.45, 7) is 3.02. The maximum Gasteiger partial charge on any atom is 1.00 e. The molecule has 0 unspecified atom stereocenters. The second kappa shape index (κ2) is 6.11. The summed E-state index contributed by atoms with van der Waals surface area (Å²) in [7, 11) is 0. The number of hydrogen-bond acceptors (Lipinski definition) is 2. The molecule has 0 aliphatic heterocycles. The third-order valence-corrected chi connectivity index (χ3v) is 0.204. The molecule has 0 heterocycles. The molecular formula is C3H4KO2. The van der Waals surface area contributed by atoms with Crippen LogP contribution in [0.4, 0.5) is 0 Å². The van der Waals surface area contributed by atoms with Crippen molar-refractivity contribution in [2.24, 2.45) is 0 Å². The largest absolute Gasteiger partial charge is 1.00 e. The fourth-order valence-electron chi connectivity index (χ4n) is 0. The van der Waals surface area contributed by atoms with Gasteiger partial charge in [0.2, 0.25) is 0 Å². The molecule has 0 aromatic carbocycles. The predicted molar refractivity (Wildman–Crippen MR) is 15.0 cm³/mol. The third kappa shape index (κ3) is 8.92. The minimum Gasteiger partial charge on any atom is -0.550 e. The van der Waals surface area contributed by atoms with Crippen LogP contribution in [-0.4, -0.2) is 5.97 Å². The second-order valence-corrected chi connectivity index (χ2v) is 0.622. The van der Waals surface area contributed by atoms with Crippen molar-refractivity contribution in [1.29, 1.82) is 0 Å². The zero-order valence-electron chi connectivity index (χ0n) is 3.73. The van der Waals surface area contributed by atoms with Crippen LogP contribution in [0, 0.1) is 6.92 Å².